The predicted molar refractivity (Wildman–Crippen MR) is 96.4 cm³/mol. The average molecular weight is 407 g/mol. The average Bonchev–Trinajstić information content (AvgIpc) is 3.12. The molecule has 0 bridgehead atoms. The number of hydrogen-bond donors (Lipinski definition) is 2. The lowest BCUT2D eigenvalue weighted by Crippen LogP contribution is -2.25. The second-order valence-corrected chi connectivity index (χ2v) is 5.85. The maximum Gasteiger partial charge on any atom is 0.228 e. The number of ketones is 2. The molecule has 0 saturated heterocycles. The van der Waals surface area contributed by atoms with Gasteiger partial charge in [-0.05, 0) is 13.8 Å². The molecule has 2 atom stereocenters. The van der Waals surface area contributed by atoms with E-state index >= 15 is 0 Å². The van der Waals surface area contributed by atoms with Gasteiger partial charge in [0.1, 0.15) is 22.5 Å². The van der Waals surface area contributed by atoms with Crippen molar-refractivity contribution in [3.8, 4) is 0 Å². The maximum atomic E-state index is 11.5. The van der Waals surface area contributed by atoms with Gasteiger partial charge in [-0.1, -0.05) is 23.2 Å². The van der Waals surface area contributed by atoms with Crippen LogP contribution in [0.25, 0.3) is 0 Å². The molecule has 144 valence electrons. The Balaban J connectivity index is 0.000000260. The molecule has 2 heterocycles. The molecule has 4 N–H and O–H groups in total. The van der Waals surface area contributed by atoms with Crippen LogP contribution in [-0.2, 0) is 9.47 Å². The van der Waals surface area contributed by atoms with E-state index in [4.69, 9.17) is 44.4 Å². The molecular formula is C14H20Cl2N6O4. The van der Waals surface area contributed by atoms with E-state index in [1.54, 1.807) is 13.8 Å². The third-order valence-corrected chi connectivity index (χ3v) is 3.66. The van der Waals surface area contributed by atoms with Gasteiger partial charge in [0.15, 0.2) is 11.6 Å². The highest BCUT2D eigenvalue weighted by atomic mass is 35.5. The molecular weight excluding hydrogens is 387 g/mol. The molecule has 1 unspecified atom stereocenters. The number of imidazole rings is 2. The Morgan fingerprint density at radius 3 is 1.42 bits per heavy atom. The zero-order valence-corrected chi connectivity index (χ0v) is 16.2. The van der Waals surface area contributed by atoms with E-state index in [0.29, 0.717) is 0 Å². The number of halogens is 2. The topological polar surface area (TPSA) is 140 Å². The molecule has 0 saturated carbocycles. The van der Waals surface area contributed by atoms with Crippen LogP contribution in [0.1, 0.15) is 35.1 Å². The van der Waals surface area contributed by atoms with Crippen LogP contribution in [0, 0.1) is 0 Å². The summed E-state index contributed by atoms with van der Waals surface area (Å²) in [5.41, 5.74) is 0. The molecule has 0 radical (unpaired) electrons. The Bertz CT molecular complexity index is 711. The van der Waals surface area contributed by atoms with Crippen molar-refractivity contribution in [2.45, 2.75) is 26.1 Å². The molecule has 0 spiro atoms. The van der Waals surface area contributed by atoms with Crippen LogP contribution in [0.4, 0.5) is 0 Å². The molecule has 0 aliphatic carbocycles. The number of rotatable bonds is 6. The van der Waals surface area contributed by atoms with Gasteiger partial charge in [-0.25, -0.2) is 19.3 Å². The fourth-order valence-corrected chi connectivity index (χ4v) is 2.04. The summed E-state index contributed by atoms with van der Waals surface area (Å²) in [6, 6.07) is 0. The third-order valence-electron chi connectivity index (χ3n) is 3.29. The number of methoxy groups -OCH3 is 2. The number of ether oxygens (including phenoxy) is 2. The summed E-state index contributed by atoms with van der Waals surface area (Å²) in [4.78, 5) is 30.4. The van der Waals surface area contributed by atoms with Crippen LogP contribution in [-0.4, -0.2) is 57.3 Å². The summed E-state index contributed by atoms with van der Waals surface area (Å²) in [6.45, 7) is 3.23. The van der Waals surface area contributed by atoms with Gasteiger partial charge in [-0.2, -0.15) is 0 Å². The van der Waals surface area contributed by atoms with E-state index in [0.717, 1.165) is 9.35 Å². The summed E-state index contributed by atoms with van der Waals surface area (Å²) < 4.78 is 11.8. The van der Waals surface area contributed by atoms with Gasteiger partial charge in [-0.3, -0.25) is 9.59 Å². The zero-order chi connectivity index (χ0) is 20.0. The third kappa shape index (κ3) is 5.43. The van der Waals surface area contributed by atoms with Crippen LogP contribution in [0.15, 0.2) is 12.4 Å². The van der Waals surface area contributed by atoms with Crippen LogP contribution in [0.5, 0.6) is 0 Å². The summed E-state index contributed by atoms with van der Waals surface area (Å²) in [5, 5.41) is 0.378. The van der Waals surface area contributed by atoms with Gasteiger partial charge in [0.25, 0.3) is 0 Å². The molecule has 0 fully saturated rings. The second-order valence-electron chi connectivity index (χ2n) is 5.07. The Hall–Kier alpha value is -2.14. The molecule has 0 aromatic carbocycles. The molecule has 0 aliphatic rings. The van der Waals surface area contributed by atoms with E-state index < -0.39 is 12.2 Å². The standard InChI is InChI=1S/2C7H10ClN3O2/c2*1-4(13-2)6(12)7-10-5(8)3-11(7)9/h2*3-4H,9H2,1-2H3/t4-;/m0./s1. The summed E-state index contributed by atoms with van der Waals surface area (Å²) in [6.07, 6.45) is 1.58. The van der Waals surface area contributed by atoms with E-state index in [9.17, 15) is 9.59 Å². The minimum Gasteiger partial charge on any atom is -0.373 e. The first-order valence-corrected chi connectivity index (χ1v) is 8.01. The molecule has 2 aromatic heterocycles. The highest BCUT2D eigenvalue weighted by Crippen LogP contribution is 2.09. The molecule has 2 rings (SSSR count). The van der Waals surface area contributed by atoms with Crippen LogP contribution in [0.2, 0.25) is 10.3 Å². The quantitative estimate of drug-likeness (QED) is 0.533. The van der Waals surface area contributed by atoms with Crippen molar-refractivity contribution in [3.63, 3.8) is 0 Å². The number of aromatic nitrogens is 4. The van der Waals surface area contributed by atoms with E-state index in [1.165, 1.54) is 26.6 Å². The van der Waals surface area contributed by atoms with Crippen molar-refractivity contribution >= 4 is 34.8 Å². The first kappa shape index (κ1) is 21.9. The van der Waals surface area contributed by atoms with E-state index in [-0.39, 0.29) is 33.5 Å². The van der Waals surface area contributed by atoms with E-state index in [2.05, 4.69) is 9.97 Å². The van der Waals surface area contributed by atoms with Gasteiger partial charge >= 0.3 is 0 Å². The normalized spacial score (nSPS) is 12.8. The van der Waals surface area contributed by atoms with Crippen molar-refractivity contribution < 1.29 is 19.1 Å². The van der Waals surface area contributed by atoms with Gasteiger partial charge in [0.05, 0.1) is 12.4 Å². The van der Waals surface area contributed by atoms with Crippen molar-refractivity contribution in [2.24, 2.45) is 0 Å². The lowest BCUT2D eigenvalue weighted by molar-refractivity contribution is 0.0639. The molecule has 0 aliphatic heterocycles. The number of carbonyl (C=O) groups is 2. The minimum atomic E-state index is -0.569. The largest absolute Gasteiger partial charge is 0.373 e. The minimum absolute atomic E-state index is 0.0966. The highest BCUT2D eigenvalue weighted by molar-refractivity contribution is 6.29. The van der Waals surface area contributed by atoms with Crippen LogP contribution >= 0.6 is 23.2 Å². The number of nitrogens with zero attached hydrogens (tertiary/aromatic N) is 4. The molecule has 2 aromatic rings. The number of nitrogens with two attached hydrogens (primary N) is 2. The lowest BCUT2D eigenvalue weighted by atomic mass is 10.2. The van der Waals surface area contributed by atoms with Crippen LogP contribution in [0.3, 0.4) is 0 Å². The Kier molecular flexibility index (Phi) is 8.03. The summed E-state index contributed by atoms with van der Waals surface area (Å²) in [7, 11) is 2.88. The molecule has 12 heteroatoms. The van der Waals surface area contributed by atoms with Gasteiger partial charge < -0.3 is 21.2 Å². The summed E-state index contributed by atoms with van der Waals surface area (Å²) >= 11 is 11.1. The van der Waals surface area contributed by atoms with Crippen molar-refractivity contribution in [1.29, 1.82) is 0 Å². The molecule has 10 nitrogen and oxygen atoms in total. The lowest BCUT2D eigenvalue weighted by Gasteiger charge is -2.06. The van der Waals surface area contributed by atoms with Gasteiger partial charge in [0.2, 0.25) is 11.6 Å². The second kappa shape index (κ2) is 9.53. The smallest absolute Gasteiger partial charge is 0.228 e. The zero-order valence-electron chi connectivity index (χ0n) is 14.6. The molecule has 0 amide bonds. The SMILES string of the molecule is COC(C)C(=O)c1nc(Cl)cn1N.CO[C@@H](C)C(=O)c1nc(Cl)cn1N. The van der Waals surface area contributed by atoms with E-state index in [1.807, 2.05) is 0 Å². The number of Topliss-reactive ketones (excluding diaryl/α,β-unsaturated/α-hetero) is 2. The Morgan fingerprint density at radius 1 is 0.923 bits per heavy atom. The first-order valence-electron chi connectivity index (χ1n) is 7.26. The van der Waals surface area contributed by atoms with Crippen molar-refractivity contribution in [1.82, 2.24) is 19.3 Å². The Morgan fingerprint density at radius 2 is 1.23 bits per heavy atom. The first-order chi connectivity index (χ1) is 12.1. The highest BCUT2D eigenvalue weighted by Gasteiger charge is 2.21. The van der Waals surface area contributed by atoms with Crippen molar-refractivity contribution in [3.05, 3.63) is 34.3 Å². The summed E-state index contributed by atoms with van der Waals surface area (Å²) in [5.74, 6) is 10.5. The molecule has 26 heavy (non-hydrogen) atoms. The van der Waals surface area contributed by atoms with Gasteiger partial charge in [0, 0.05) is 14.2 Å². The Labute approximate surface area is 159 Å². The fraction of sp³-hybridized carbons (Fsp3) is 0.429. The van der Waals surface area contributed by atoms with Gasteiger partial charge in [-0.15, -0.1) is 0 Å². The number of nitrogen functional groups attached to an aromatic ring is 2. The fourth-order valence-electron chi connectivity index (χ4n) is 1.67. The maximum absolute atomic E-state index is 11.5. The monoisotopic (exact) mass is 406 g/mol. The predicted octanol–water partition coefficient (Wildman–Crippen LogP) is 0.936. The van der Waals surface area contributed by atoms with Crippen LogP contribution < -0.4 is 11.7 Å². The van der Waals surface area contributed by atoms with Crippen molar-refractivity contribution in [2.75, 3.05) is 25.9 Å². The number of hydrogen-bond acceptors (Lipinski definition) is 8. The number of carbonyl (C=O) groups excluding carboxylic acids is 2.